The van der Waals surface area contributed by atoms with Crippen LogP contribution in [0.25, 0.3) is 0 Å². The van der Waals surface area contributed by atoms with Gasteiger partial charge in [-0.3, -0.25) is 4.79 Å². The van der Waals surface area contributed by atoms with Crippen LogP contribution in [0.1, 0.15) is 40.6 Å². The molecule has 82 valence electrons. The van der Waals surface area contributed by atoms with Crippen molar-refractivity contribution in [3.8, 4) is 0 Å². The van der Waals surface area contributed by atoms with Gasteiger partial charge in [0.05, 0.1) is 0 Å². The molecular weight excluding hydrogens is 194 g/mol. The summed E-state index contributed by atoms with van der Waals surface area (Å²) in [7, 11) is 0. The SMILES string of the molecule is Cc1c(C(N)=O)noc1C1CCNCC1. The number of hydrogen-bond donors (Lipinski definition) is 2. The molecule has 0 atom stereocenters. The zero-order valence-corrected chi connectivity index (χ0v) is 8.75. The summed E-state index contributed by atoms with van der Waals surface area (Å²) in [5.41, 5.74) is 6.25. The first-order chi connectivity index (χ1) is 7.20. The average Bonchev–Trinajstić information content (AvgIpc) is 2.61. The van der Waals surface area contributed by atoms with Crippen LogP contribution in [-0.2, 0) is 0 Å². The number of nitrogens with zero attached hydrogens (tertiary/aromatic N) is 1. The molecule has 1 fully saturated rings. The van der Waals surface area contributed by atoms with Gasteiger partial charge >= 0.3 is 0 Å². The van der Waals surface area contributed by atoms with E-state index in [1.807, 2.05) is 6.92 Å². The lowest BCUT2D eigenvalue weighted by Crippen LogP contribution is -2.26. The molecule has 1 saturated heterocycles. The van der Waals surface area contributed by atoms with Crippen LogP contribution in [0.15, 0.2) is 4.52 Å². The molecule has 3 N–H and O–H groups in total. The molecule has 1 aromatic heterocycles. The summed E-state index contributed by atoms with van der Waals surface area (Å²) >= 11 is 0. The smallest absolute Gasteiger partial charge is 0.271 e. The Kier molecular flexibility index (Phi) is 2.73. The second-order valence-corrected chi connectivity index (χ2v) is 3.91. The molecule has 2 rings (SSSR count). The maximum absolute atomic E-state index is 11.0. The van der Waals surface area contributed by atoms with Gasteiger partial charge in [-0.15, -0.1) is 0 Å². The van der Waals surface area contributed by atoms with Crippen LogP contribution in [0.3, 0.4) is 0 Å². The molecule has 1 aliphatic heterocycles. The van der Waals surface area contributed by atoms with Gasteiger partial charge in [0, 0.05) is 11.5 Å². The molecule has 5 heteroatoms. The van der Waals surface area contributed by atoms with Gasteiger partial charge in [0.15, 0.2) is 5.69 Å². The summed E-state index contributed by atoms with van der Waals surface area (Å²) < 4.78 is 5.22. The maximum Gasteiger partial charge on any atom is 0.271 e. The predicted octanol–water partition coefficient (Wildman–Crippen LogP) is 0.549. The van der Waals surface area contributed by atoms with E-state index in [2.05, 4.69) is 10.5 Å². The Balaban J connectivity index is 2.24. The Morgan fingerprint density at radius 1 is 1.53 bits per heavy atom. The predicted molar refractivity (Wildman–Crippen MR) is 54.6 cm³/mol. The van der Waals surface area contributed by atoms with Crippen molar-refractivity contribution >= 4 is 5.91 Å². The summed E-state index contributed by atoms with van der Waals surface area (Å²) in [6, 6.07) is 0. The topological polar surface area (TPSA) is 81.2 Å². The lowest BCUT2D eigenvalue weighted by atomic mass is 9.93. The number of primary amides is 1. The van der Waals surface area contributed by atoms with E-state index in [0.29, 0.717) is 5.92 Å². The first-order valence-corrected chi connectivity index (χ1v) is 5.17. The van der Waals surface area contributed by atoms with E-state index in [9.17, 15) is 4.79 Å². The van der Waals surface area contributed by atoms with Crippen LogP contribution >= 0.6 is 0 Å². The van der Waals surface area contributed by atoms with Crippen molar-refractivity contribution in [2.45, 2.75) is 25.7 Å². The van der Waals surface area contributed by atoms with Gasteiger partial charge in [0.2, 0.25) is 0 Å². The molecule has 0 radical (unpaired) electrons. The molecule has 0 unspecified atom stereocenters. The molecule has 1 aromatic rings. The van der Waals surface area contributed by atoms with E-state index in [0.717, 1.165) is 37.3 Å². The number of carbonyl (C=O) groups is 1. The van der Waals surface area contributed by atoms with Crippen LogP contribution in [0.5, 0.6) is 0 Å². The summed E-state index contributed by atoms with van der Waals surface area (Å²) in [5.74, 6) is 0.675. The molecule has 2 heterocycles. The normalized spacial score (nSPS) is 17.9. The van der Waals surface area contributed by atoms with Crippen LogP contribution in [0.4, 0.5) is 0 Å². The Labute approximate surface area is 88.0 Å². The van der Waals surface area contributed by atoms with E-state index in [1.54, 1.807) is 0 Å². The molecule has 0 spiro atoms. The summed E-state index contributed by atoms with van der Waals surface area (Å²) in [6.07, 6.45) is 2.04. The zero-order valence-electron chi connectivity index (χ0n) is 8.75. The molecule has 0 aliphatic carbocycles. The number of carbonyl (C=O) groups excluding carboxylic acids is 1. The number of rotatable bonds is 2. The molecule has 1 aliphatic rings. The highest BCUT2D eigenvalue weighted by atomic mass is 16.5. The highest BCUT2D eigenvalue weighted by Crippen LogP contribution is 2.29. The molecule has 0 aromatic carbocycles. The third kappa shape index (κ3) is 1.87. The summed E-state index contributed by atoms with van der Waals surface area (Å²) in [5, 5.41) is 7.00. The fourth-order valence-corrected chi connectivity index (χ4v) is 2.04. The third-order valence-electron chi connectivity index (χ3n) is 2.90. The van der Waals surface area contributed by atoms with Crippen molar-refractivity contribution in [3.63, 3.8) is 0 Å². The van der Waals surface area contributed by atoms with Crippen molar-refractivity contribution < 1.29 is 9.32 Å². The van der Waals surface area contributed by atoms with E-state index in [1.165, 1.54) is 0 Å². The fourth-order valence-electron chi connectivity index (χ4n) is 2.04. The lowest BCUT2D eigenvalue weighted by Gasteiger charge is -2.20. The molecule has 5 nitrogen and oxygen atoms in total. The second kappa shape index (κ2) is 4.02. The van der Waals surface area contributed by atoms with E-state index >= 15 is 0 Å². The minimum absolute atomic E-state index is 0.267. The zero-order chi connectivity index (χ0) is 10.8. The highest BCUT2D eigenvalue weighted by Gasteiger charge is 2.24. The van der Waals surface area contributed by atoms with Gasteiger partial charge in [-0.25, -0.2) is 0 Å². The monoisotopic (exact) mass is 209 g/mol. The summed E-state index contributed by atoms with van der Waals surface area (Å²) in [4.78, 5) is 11.0. The number of nitrogens with one attached hydrogen (secondary N) is 1. The minimum Gasteiger partial charge on any atom is -0.364 e. The third-order valence-corrected chi connectivity index (χ3v) is 2.90. The largest absolute Gasteiger partial charge is 0.364 e. The van der Waals surface area contributed by atoms with Crippen LogP contribution < -0.4 is 11.1 Å². The first kappa shape index (κ1) is 10.2. The van der Waals surface area contributed by atoms with Crippen LogP contribution in [0, 0.1) is 6.92 Å². The number of piperidine rings is 1. The second-order valence-electron chi connectivity index (χ2n) is 3.91. The number of hydrogen-bond acceptors (Lipinski definition) is 4. The fraction of sp³-hybridized carbons (Fsp3) is 0.600. The van der Waals surface area contributed by atoms with E-state index in [4.69, 9.17) is 10.3 Å². The van der Waals surface area contributed by atoms with Crippen molar-refractivity contribution in [3.05, 3.63) is 17.0 Å². The lowest BCUT2D eigenvalue weighted by molar-refractivity contribution is 0.0991. The average molecular weight is 209 g/mol. The van der Waals surface area contributed by atoms with Crippen molar-refractivity contribution in [2.24, 2.45) is 5.73 Å². The van der Waals surface area contributed by atoms with Crippen LogP contribution in [-0.4, -0.2) is 24.2 Å². The van der Waals surface area contributed by atoms with Crippen molar-refractivity contribution in [2.75, 3.05) is 13.1 Å². The minimum atomic E-state index is -0.517. The Morgan fingerprint density at radius 2 is 2.20 bits per heavy atom. The molecule has 0 saturated carbocycles. The maximum atomic E-state index is 11.0. The first-order valence-electron chi connectivity index (χ1n) is 5.17. The Bertz CT molecular complexity index is 367. The summed E-state index contributed by atoms with van der Waals surface area (Å²) in [6.45, 7) is 3.81. The van der Waals surface area contributed by atoms with Crippen molar-refractivity contribution in [1.82, 2.24) is 10.5 Å². The van der Waals surface area contributed by atoms with Gasteiger partial charge in [-0.1, -0.05) is 5.16 Å². The van der Waals surface area contributed by atoms with Gasteiger partial charge in [-0.2, -0.15) is 0 Å². The Morgan fingerprint density at radius 3 is 2.73 bits per heavy atom. The number of aromatic nitrogens is 1. The molecule has 15 heavy (non-hydrogen) atoms. The molecule has 1 amide bonds. The van der Waals surface area contributed by atoms with Crippen molar-refractivity contribution in [1.29, 1.82) is 0 Å². The number of amides is 1. The standard InChI is InChI=1S/C10H15N3O2/c1-6-8(10(11)14)13-15-9(6)7-2-4-12-5-3-7/h7,12H,2-5H2,1H3,(H2,11,14). The van der Waals surface area contributed by atoms with Gasteiger partial charge in [0.1, 0.15) is 5.76 Å². The quantitative estimate of drug-likeness (QED) is 0.745. The van der Waals surface area contributed by atoms with E-state index in [-0.39, 0.29) is 5.69 Å². The molecular formula is C10H15N3O2. The van der Waals surface area contributed by atoms with Gasteiger partial charge in [-0.05, 0) is 32.9 Å². The number of nitrogens with two attached hydrogens (primary N) is 1. The van der Waals surface area contributed by atoms with Gasteiger partial charge < -0.3 is 15.6 Å². The van der Waals surface area contributed by atoms with Gasteiger partial charge in [0.25, 0.3) is 5.91 Å². The molecule has 0 bridgehead atoms. The Hall–Kier alpha value is -1.36. The highest BCUT2D eigenvalue weighted by molar-refractivity contribution is 5.92. The van der Waals surface area contributed by atoms with E-state index < -0.39 is 5.91 Å². The van der Waals surface area contributed by atoms with Crippen LogP contribution in [0.2, 0.25) is 0 Å².